The molecule has 1 unspecified atom stereocenters. The molecule has 2 amide bonds. The SMILES string of the molecule is CCC(C(=O)NC(C)(C)C)N(Cc1ccccc1Cl)C(=O)CCCOc1ccccc1. The highest BCUT2D eigenvalue weighted by Gasteiger charge is 2.30. The number of nitrogens with zero attached hydrogens (tertiary/aromatic N) is 1. The third-order valence-electron chi connectivity index (χ3n) is 4.73. The number of carbonyl (C=O) groups is 2. The molecule has 0 aromatic heterocycles. The van der Waals surface area contributed by atoms with Crippen LogP contribution in [0.4, 0.5) is 0 Å². The van der Waals surface area contributed by atoms with Crippen LogP contribution in [0.3, 0.4) is 0 Å². The van der Waals surface area contributed by atoms with Crippen molar-refractivity contribution in [2.24, 2.45) is 0 Å². The lowest BCUT2D eigenvalue weighted by atomic mass is 10.0. The summed E-state index contributed by atoms with van der Waals surface area (Å²) in [6.07, 6.45) is 1.36. The molecule has 2 aromatic carbocycles. The molecule has 2 aromatic rings. The first-order chi connectivity index (χ1) is 14.7. The highest BCUT2D eigenvalue weighted by Crippen LogP contribution is 2.21. The molecule has 1 N–H and O–H groups in total. The Balaban J connectivity index is 2.10. The number of rotatable bonds is 10. The predicted octanol–water partition coefficient (Wildman–Crippen LogP) is 5.22. The van der Waals surface area contributed by atoms with Gasteiger partial charge in [-0.2, -0.15) is 0 Å². The summed E-state index contributed by atoms with van der Waals surface area (Å²) >= 11 is 6.34. The molecule has 1 atom stereocenters. The summed E-state index contributed by atoms with van der Waals surface area (Å²) in [4.78, 5) is 27.8. The molecule has 0 aliphatic rings. The summed E-state index contributed by atoms with van der Waals surface area (Å²) in [5, 5.41) is 3.59. The van der Waals surface area contributed by atoms with Gasteiger partial charge in [-0.25, -0.2) is 0 Å². The second-order valence-corrected chi connectivity index (χ2v) is 8.95. The second-order valence-electron chi connectivity index (χ2n) is 8.54. The van der Waals surface area contributed by atoms with Crippen molar-refractivity contribution in [1.29, 1.82) is 0 Å². The van der Waals surface area contributed by atoms with Crippen LogP contribution in [0.25, 0.3) is 0 Å². The van der Waals surface area contributed by atoms with Crippen LogP contribution in [0.1, 0.15) is 52.5 Å². The van der Waals surface area contributed by atoms with Crippen molar-refractivity contribution in [3.05, 3.63) is 65.2 Å². The van der Waals surface area contributed by atoms with E-state index in [1.165, 1.54) is 0 Å². The quantitative estimate of drug-likeness (QED) is 0.511. The van der Waals surface area contributed by atoms with E-state index in [9.17, 15) is 9.59 Å². The molecule has 0 aliphatic carbocycles. The highest BCUT2D eigenvalue weighted by atomic mass is 35.5. The van der Waals surface area contributed by atoms with E-state index in [2.05, 4.69) is 5.32 Å². The first kappa shape index (κ1) is 24.7. The lowest BCUT2D eigenvalue weighted by Crippen LogP contribution is -2.53. The van der Waals surface area contributed by atoms with Gasteiger partial charge in [0.2, 0.25) is 11.8 Å². The Bertz CT molecular complexity index is 849. The first-order valence-electron chi connectivity index (χ1n) is 10.7. The molecule has 0 aliphatic heterocycles. The minimum atomic E-state index is -0.571. The zero-order chi connectivity index (χ0) is 22.9. The second kappa shape index (κ2) is 11.8. The smallest absolute Gasteiger partial charge is 0.243 e. The van der Waals surface area contributed by atoms with E-state index in [1.807, 2.05) is 76.2 Å². The maximum Gasteiger partial charge on any atom is 0.243 e. The van der Waals surface area contributed by atoms with Crippen LogP contribution in [0, 0.1) is 0 Å². The standard InChI is InChI=1S/C25H33ClN2O3/c1-5-22(24(30)27-25(2,3)4)28(18-19-12-9-10-15-21(19)26)23(29)16-11-17-31-20-13-7-6-8-14-20/h6-10,12-15,22H,5,11,16-18H2,1-4H3,(H,27,30). The van der Waals surface area contributed by atoms with E-state index >= 15 is 0 Å². The number of amides is 2. The largest absolute Gasteiger partial charge is 0.494 e. The van der Waals surface area contributed by atoms with Crippen molar-refractivity contribution in [3.8, 4) is 5.75 Å². The molecule has 0 saturated heterocycles. The maximum atomic E-state index is 13.2. The van der Waals surface area contributed by atoms with E-state index < -0.39 is 6.04 Å². The molecule has 0 fully saturated rings. The lowest BCUT2D eigenvalue weighted by molar-refractivity contribution is -0.142. The number of para-hydroxylation sites is 1. The number of nitrogens with one attached hydrogen (secondary N) is 1. The molecular formula is C25H33ClN2O3. The summed E-state index contributed by atoms with van der Waals surface area (Å²) in [6.45, 7) is 8.42. The van der Waals surface area contributed by atoms with Crippen LogP contribution < -0.4 is 10.1 Å². The number of benzene rings is 2. The predicted molar refractivity (Wildman–Crippen MR) is 125 cm³/mol. The number of halogens is 1. The zero-order valence-electron chi connectivity index (χ0n) is 18.9. The van der Waals surface area contributed by atoms with E-state index in [4.69, 9.17) is 16.3 Å². The van der Waals surface area contributed by atoms with Crippen molar-refractivity contribution < 1.29 is 14.3 Å². The van der Waals surface area contributed by atoms with Crippen LogP contribution in [-0.4, -0.2) is 34.9 Å². The lowest BCUT2D eigenvalue weighted by Gasteiger charge is -2.33. The first-order valence-corrected chi connectivity index (χ1v) is 11.1. The normalized spacial score (nSPS) is 12.2. The molecule has 5 nitrogen and oxygen atoms in total. The fourth-order valence-electron chi connectivity index (χ4n) is 3.26. The average Bonchev–Trinajstić information content (AvgIpc) is 2.71. The van der Waals surface area contributed by atoms with E-state index in [0.717, 1.165) is 11.3 Å². The van der Waals surface area contributed by atoms with Gasteiger partial charge in [-0.1, -0.05) is 54.9 Å². The van der Waals surface area contributed by atoms with Crippen LogP contribution in [0.5, 0.6) is 5.75 Å². The fraction of sp³-hybridized carbons (Fsp3) is 0.440. The average molecular weight is 445 g/mol. The van der Waals surface area contributed by atoms with Crippen LogP contribution in [0.15, 0.2) is 54.6 Å². The zero-order valence-corrected chi connectivity index (χ0v) is 19.6. The number of carbonyl (C=O) groups excluding carboxylic acids is 2. The van der Waals surface area contributed by atoms with E-state index in [0.29, 0.717) is 24.5 Å². The maximum absolute atomic E-state index is 13.2. The van der Waals surface area contributed by atoms with Gasteiger partial charge in [-0.15, -0.1) is 0 Å². The Morgan fingerprint density at radius 2 is 1.71 bits per heavy atom. The third kappa shape index (κ3) is 8.25. The molecule has 0 radical (unpaired) electrons. The molecule has 0 bridgehead atoms. The van der Waals surface area contributed by atoms with Gasteiger partial charge < -0.3 is 15.0 Å². The number of hydrogen-bond donors (Lipinski definition) is 1. The minimum absolute atomic E-state index is 0.0903. The third-order valence-corrected chi connectivity index (χ3v) is 5.10. The van der Waals surface area contributed by atoms with Gasteiger partial charge in [0, 0.05) is 23.5 Å². The Kier molecular flexibility index (Phi) is 9.38. The van der Waals surface area contributed by atoms with Gasteiger partial charge in [0.25, 0.3) is 0 Å². The Labute approximate surface area is 190 Å². The highest BCUT2D eigenvalue weighted by molar-refractivity contribution is 6.31. The summed E-state index contributed by atoms with van der Waals surface area (Å²) in [5.74, 6) is 0.530. The monoisotopic (exact) mass is 444 g/mol. The van der Waals surface area contributed by atoms with Gasteiger partial charge in [-0.3, -0.25) is 9.59 Å². The molecule has 0 saturated carbocycles. The molecule has 6 heteroatoms. The molecule has 0 spiro atoms. The van der Waals surface area contributed by atoms with Gasteiger partial charge >= 0.3 is 0 Å². The summed E-state index contributed by atoms with van der Waals surface area (Å²) in [7, 11) is 0. The summed E-state index contributed by atoms with van der Waals surface area (Å²) < 4.78 is 5.70. The molecule has 168 valence electrons. The molecule has 31 heavy (non-hydrogen) atoms. The van der Waals surface area contributed by atoms with Crippen molar-refractivity contribution in [1.82, 2.24) is 10.2 Å². The van der Waals surface area contributed by atoms with E-state index in [1.54, 1.807) is 11.0 Å². The summed E-state index contributed by atoms with van der Waals surface area (Å²) in [6, 6.07) is 16.4. The van der Waals surface area contributed by atoms with Crippen molar-refractivity contribution in [3.63, 3.8) is 0 Å². The Morgan fingerprint density at radius 3 is 2.32 bits per heavy atom. The minimum Gasteiger partial charge on any atom is -0.494 e. The van der Waals surface area contributed by atoms with Crippen LogP contribution in [0.2, 0.25) is 5.02 Å². The van der Waals surface area contributed by atoms with Crippen molar-refractivity contribution >= 4 is 23.4 Å². The summed E-state index contributed by atoms with van der Waals surface area (Å²) in [5.41, 5.74) is 0.438. The van der Waals surface area contributed by atoms with E-state index in [-0.39, 0.29) is 30.3 Å². The Morgan fingerprint density at radius 1 is 1.06 bits per heavy atom. The van der Waals surface area contributed by atoms with Gasteiger partial charge in [0.1, 0.15) is 11.8 Å². The topological polar surface area (TPSA) is 58.6 Å². The van der Waals surface area contributed by atoms with Crippen molar-refractivity contribution in [2.45, 2.75) is 65.1 Å². The van der Waals surface area contributed by atoms with Crippen molar-refractivity contribution in [2.75, 3.05) is 6.61 Å². The van der Waals surface area contributed by atoms with Crippen LogP contribution >= 0.6 is 11.6 Å². The van der Waals surface area contributed by atoms with Crippen LogP contribution in [-0.2, 0) is 16.1 Å². The molecule has 0 heterocycles. The Hall–Kier alpha value is -2.53. The fourth-order valence-corrected chi connectivity index (χ4v) is 3.45. The number of hydrogen-bond acceptors (Lipinski definition) is 3. The van der Waals surface area contributed by atoms with Gasteiger partial charge in [-0.05, 0) is 57.4 Å². The molecular weight excluding hydrogens is 412 g/mol. The molecule has 2 rings (SSSR count). The van der Waals surface area contributed by atoms with Gasteiger partial charge in [0.15, 0.2) is 0 Å². The van der Waals surface area contributed by atoms with Gasteiger partial charge in [0.05, 0.1) is 6.61 Å². The number of ether oxygens (including phenoxy) is 1.